The molecule has 114 valence electrons. The summed E-state index contributed by atoms with van der Waals surface area (Å²) in [6.45, 7) is 1.66. The van der Waals surface area contributed by atoms with Crippen LogP contribution in [-0.2, 0) is 13.0 Å². The van der Waals surface area contributed by atoms with Crippen molar-refractivity contribution in [3.05, 3.63) is 22.7 Å². The predicted octanol–water partition coefficient (Wildman–Crippen LogP) is 2.20. The third-order valence-electron chi connectivity index (χ3n) is 3.80. The van der Waals surface area contributed by atoms with Crippen LogP contribution in [0, 0.1) is 0 Å². The van der Waals surface area contributed by atoms with E-state index in [1.165, 1.54) is 10.6 Å². The molecule has 0 radical (unpaired) electrons. The van der Waals surface area contributed by atoms with Crippen molar-refractivity contribution in [2.45, 2.75) is 19.4 Å². The molecule has 2 aromatic rings. The Hall–Kier alpha value is -2.35. The molecule has 3 heterocycles. The van der Waals surface area contributed by atoms with Crippen molar-refractivity contribution in [1.29, 1.82) is 0 Å². The van der Waals surface area contributed by atoms with Gasteiger partial charge in [0.25, 0.3) is 0 Å². The topological polar surface area (TPSA) is 75.1 Å². The Labute approximate surface area is 131 Å². The molecule has 0 aromatic carbocycles. The highest BCUT2D eigenvalue weighted by molar-refractivity contribution is 7.16. The molecule has 0 spiro atoms. The molecule has 0 bridgehead atoms. The number of hydrogen-bond donors (Lipinski definition) is 2. The smallest absolute Gasteiger partial charge is 0.320 e. The van der Waals surface area contributed by atoms with Gasteiger partial charge in [0.1, 0.15) is 5.82 Å². The highest BCUT2D eigenvalue weighted by Crippen LogP contribution is 2.37. The first-order valence-corrected chi connectivity index (χ1v) is 8.06. The maximum Gasteiger partial charge on any atom is 0.320 e. The van der Waals surface area contributed by atoms with Gasteiger partial charge in [-0.1, -0.05) is 17.4 Å². The Morgan fingerprint density at radius 1 is 1.41 bits per heavy atom. The number of urea groups is 1. The summed E-state index contributed by atoms with van der Waals surface area (Å²) in [5.74, 6) is 1.53. The molecule has 2 aliphatic rings. The molecule has 1 aliphatic carbocycles. The van der Waals surface area contributed by atoms with Crippen LogP contribution in [0.25, 0.3) is 6.08 Å². The lowest BCUT2D eigenvalue weighted by Gasteiger charge is -2.12. The molecule has 2 N–H and O–H groups in total. The second-order valence-electron chi connectivity index (χ2n) is 5.22. The van der Waals surface area contributed by atoms with Gasteiger partial charge in [-0.3, -0.25) is 5.32 Å². The van der Waals surface area contributed by atoms with Crippen molar-refractivity contribution in [1.82, 2.24) is 20.1 Å². The van der Waals surface area contributed by atoms with Crippen molar-refractivity contribution in [3.8, 4) is 0 Å². The zero-order valence-corrected chi connectivity index (χ0v) is 13.0. The molecule has 4 rings (SSSR count). The molecule has 7 nitrogen and oxygen atoms in total. The summed E-state index contributed by atoms with van der Waals surface area (Å²) in [7, 11) is 1.58. The van der Waals surface area contributed by atoms with Crippen LogP contribution >= 0.6 is 11.3 Å². The van der Waals surface area contributed by atoms with Crippen molar-refractivity contribution < 1.29 is 4.79 Å². The molecule has 2 aromatic heterocycles. The number of carbonyl (C=O) groups excluding carboxylic acids is 1. The van der Waals surface area contributed by atoms with Gasteiger partial charge in [-0.2, -0.15) is 5.10 Å². The minimum atomic E-state index is -0.266. The van der Waals surface area contributed by atoms with Gasteiger partial charge >= 0.3 is 6.03 Å². The molecule has 2 amide bonds. The first kappa shape index (κ1) is 13.3. The fourth-order valence-corrected chi connectivity index (χ4v) is 3.79. The number of aryl methyl sites for hydroxylation is 1. The number of carbonyl (C=O) groups is 1. The number of aromatic nitrogens is 3. The predicted molar refractivity (Wildman–Crippen MR) is 86.8 cm³/mol. The van der Waals surface area contributed by atoms with E-state index in [1.807, 2.05) is 10.7 Å². The van der Waals surface area contributed by atoms with Crippen molar-refractivity contribution >= 4 is 40.2 Å². The fraction of sp³-hybridized carbons (Fsp3) is 0.357. The van der Waals surface area contributed by atoms with E-state index >= 15 is 0 Å². The molecule has 0 saturated carbocycles. The molecule has 0 unspecified atom stereocenters. The van der Waals surface area contributed by atoms with E-state index in [4.69, 9.17) is 4.98 Å². The quantitative estimate of drug-likeness (QED) is 0.890. The molecular weight excluding hydrogens is 300 g/mol. The van der Waals surface area contributed by atoms with Crippen LogP contribution < -0.4 is 15.5 Å². The van der Waals surface area contributed by atoms with Crippen LogP contribution in [0.15, 0.2) is 12.1 Å². The maximum absolute atomic E-state index is 11.4. The van der Waals surface area contributed by atoms with Gasteiger partial charge in [-0.15, -0.1) is 0 Å². The lowest BCUT2D eigenvalue weighted by atomic mass is 10.1. The van der Waals surface area contributed by atoms with E-state index in [0.717, 1.165) is 36.9 Å². The first-order chi connectivity index (χ1) is 10.7. The van der Waals surface area contributed by atoms with Crippen LogP contribution in [0.5, 0.6) is 0 Å². The molecule has 22 heavy (non-hydrogen) atoms. The summed E-state index contributed by atoms with van der Waals surface area (Å²) >= 11 is 1.71. The summed E-state index contributed by atoms with van der Waals surface area (Å²) in [6, 6.07) is 1.62. The highest BCUT2D eigenvalue weighted by atomic mass is 32.1. The number of hydrogen-bond acceptors (Lipinski definition) is 5. The Bertz CT molecular complexity index is 761. The number of fused-ring (bicyclic) bond motifs is 2. The van der Waals surface area contributed by atoms with Gasteiger partial charge in [0.15, 0.2) is 10.9 Å². The summed E-state index contributed by atoms with van der Waals surface area (Å²) < 4.78 is 1.90. The lowest BCUT2D eigenvalue weighted by molar-refractivity contribution is 0.254. The lowest BCUT2D eigenvalue weighted by Crippen LogP contribution is -2.24. The number of nitrogens with one attached hydrogen (secondary N) is 2. The van der Waals surface area contributed by atoms with Gasteiger partial charge in [0, 0.05) is 19.7 Å². The second kappa shape index (κ2) is 5.13. The third kappa shape index (κ3) is 2.16. The minimum absolute atomic E-state index is 0.266. The highest BCUT2D eigenvalue weighted by Gasteiger charge is 2.26. The molecular formula is C14H16N6OS. The average molecular weight is 316 g/mol. The van der Waals surface area contributed by atoms with E-state index in [9.17, 15) is 4.79 Å². The molecule has 8 heteroatoms. The average Bonchev–Trinajstić information content (AvgIpc) is 3.19. The number of rotatable bonds is 2. The van der Waals surface area contributed by atoms with Crippen molar-refractivity contribution in [2.24, 2.45) is 0 Å². The second-order valence-corrected chi connectivity index (χ2v) is 6.22. The number of amides is 2. The van der Waals surface area contributed by atoms with E-state index in [2.05, 4.69) is 32.8 Å². The molecule has 0 atom stereocenters. The van der Waals surface area contributed by atoms with E-state index in [0.29, 0.717) is 5.82 Å². The molecule has 0 saturated heterocycles. The van der Waals surface area contributed by atoms with Crippen LogP contribution in [0.3, 0.4) is 0 Å². The summed E-state index contributed by atoms with van der Waals surface area (Å²) in [6.07, 6.45) is 6.43. The van der Waals surface area contributed by atoms with Crippen LogP contribution in [0.4, 0.5) is 21.6 Å². The van der Waals surface area contributed by atoms with E-state index < -0.39 is 0 Å². The number of allylic oxidation sites excluding steroid dienone is 1. The van der Waals surface area contributed by atoms with Crippen LogP contribution in [0.1, 0.15) is 17.0 Å². The van der Waals surface area contributed by atoms with E-state index in [-0.39, 0.29) is 6.03 Å². The zero-order valence-electron chi connectivity index (χ0n) is 12.2. The van der Waals surface area contributed by atoms with Crippen molar-refractivity contribution in [2.75, 3.05) is 23.8 Å². The fourth-order valence-electron chi connectivity index (χ4n) is 2.72. The maximum atomic E-state index is 11.4. The molecule has 1 aliphatic heterocycles. The SMILES string of the molecule is CNC(=O)Nc1cc2n(n1)CCN2c1nc2c(s1)C=CCC2. The van der Waals surface area contributed by atoms with E-state index in [1.54, 1.807) is 18.4 Å². The van der Waals surface area contributed by atoms with Crippen LogP contribution in [-0.4, -0.2) is 34.4 Å². The normalized spacial score (nSPS) is 15.6. The zero-order chi connectivity index (χ0) is 15.1. The monoisotopic (exact) mass is 316 g/mol. The van der Waals surface area contributed by atoms with Crippen LogP contribution in [0.2, 0.25) is 0 Å². The number of nitrogens with zero attached hydrogens (tertiary/aromatic N) is 4. The Kier molecular flexibility index (Phi) is 3.11. The Morgan fingerprint density at radius 3 is 3.14 bits per heavy atom. The Morgan fingerprint density at radius 2 is 2.32 bits per heavy atom. The van der Waals surface area contributed by atoms with Gasteiger partial charge in [-0.25, -0.2) is 14.5 Å². The summed E-state index contributed by atoms with van der Waals surface area (Å²) in [5, 5.41) is 10.6. The molecule has 0 fully saturated rings. The summed E-state index contributed by atoms with van der Waals surface area (Å²) in [4.78, 5) is 19.6. The van der Waals surface area contributed by atoms with Gasteiger partial charge in [0.05, 0.1) is 17.1 Å². The number of anilines is 3. The van der Waals surface area contributed by atoms with Gasteiger partial charge in [-0.05, 0) is 18.9 Å². The standard InChI is InChI=1S/C14H16N6OS/c1-15-13(21)17-11-8-12-19(6-7-20(12)18-11)14-16-9-4-2-3-5-10(9)22-14/h3,5,8H,2,4,6-7H2,1H3,(H2,15,17,18,21). The Balaban J connectivity index is 1.62. The minimum Gasteiger partial charge on any atom is -0.341 e. The van der Waals surface area contributed by atoms with Gasteiger partial charge in [0.2, 0.25) is 0 Å². The van der Waals surface area contributed by atoms with Crippen molar-refractivity contribution in [3.63, 3.8) is 0 Å². The third-order valence-corrected chi connectivity index (χ3v) is 4.89. The summed E-state index contributed by atoms with van der Waals surface area (Å²) in [5.41, 5.74) is 1.18. The largest absolute Gasteiger partial charge is 0.341 e. The first-order valence-electron chi connectivity index (χ1n) is 7.25. The number of thiazole rings is 1. The van der Waals surface area contributed by atoms with Gasteiger partial charge < -0.3 is 10.2 Å².